The zero-order valence-corrected chi connectivity index (χ0v) is 12.0. The number of hydrogen-bond acceptors (Lipinski definition) is 2. The second-order valence-corrected chi connectivity index (χ2v) is 5.18. The fourth-order valence-corrected chi connectivity index (χ4v) is 1.94. The van der Waals surface area contributed by atoms with Crippen LogP contribution in [0.1, 0.15) is 11.1 Å². The molecule has 3 N–H and O–H groups in total. The van der Waals surface area contributed by atoms with Gasteiger partial charge in [0.1, 0.15) is 12.4 Å². The van der Waals surface area contributed by atoms with Crippen molar-refractivity contribution in [1.29, 1.82) is 5.41 Å². The zero-order valence-electron chi connectivity index (χ0n) is 10.4. The van der Waals surface area contributed by atoms with Crippen molar-refractivity contribution in [2.45, 2.75) is 13.0 Å². The normalized spacial score (nSPS) is 10.2. The van der Waals surface area contributed by atoms with E-state index in [1.165, 1.54) is 0 Å². The van der Waals surface area contributed by atoms with Gasteiger partial charge in [0.2, 0.25) is 0 Å². The minimum absolute atomic E-state index is 0.170. The minimum Gasteiger partial charge on any atom is -0.489 e. The van der Waals surface area contributed by atoms with Crippen molar-refractivity contribution in [3.05, 3.63) is 64.1 Å². The number of nitrogens with two attached hydrogens (primary N) is 1. The maximum atomic E-state index is 7.24. The van der Waals surface area contributed by atoms with Gasteiger partial charge in [-0.15, -0.1) is 0 Å². The average Bonchev–Trinajstić information content (AvgIpc) is 2.39. The highest BCUT2D eigenvalue weighted by atomic mass is 79.9. The Morgan fingerprint density at radius 2 is 1.58 bits per heavy atom. The monoisotopic (exact) mass is 318 g/mol. The molecule has 0 aromatic heterocycles. The van der Waals surface area contributed by atoms with Gasteiger partial charge in [-0.2, -0.15) is 0 Å². The Morgan fingerprint density at radius 1 is 1.00 bits per heavy atom. The Bertz CT molecular complexity index is 549. The number of benzene rings is 2. The molecule has 19 heavy (non-hydrogen) atoms. The Morgan fingerprint density at radius 3 is 2.16 bits per heavy atom. The standard InChI is InChI=1S/C15H15BrN2O/c16-13-5-1-12(2-6-13)10-19-14-7-3-11(4-8-14)9-15(17)18/h1-8H,9-10H2,(H3,17,18). The number of halogens is 1. The fraction of sp³-hybridized carbons (Fsp3) is 0.133. The van der Waals surface area contributed by atoms with Gasteiger partial charge in [0.25, 0.3) is 0 Å². The largest absolute Gasteiger partial charge is 0.489 e. The van der Waals surface area contributed by atoms with Crippen LogP contribution in [0.4, 0.5) is 0 Å². The molecule has 0 unspecified atom stereocenters. The summed E-state index contributed by atoms with van der Waals surface area (Å²) in [4.78, 5) is 0. The Hall–Kier alpha value is -1.81. The van der Waals surface area contributed by atoms with Gasteiger partial charge in [-0.1, -0.05) is 40.2 Å². The topological polar surface area (TPSA) is 59.1 Å². The molecule has 0 radical (unpaired) electrons. The quantitative estimate of drug-likeness (QED) is 0.654. The summed E-state index contributed by atoms with van der Waals surface area (Å²) in [6.45, 7) is 0.541. The summed E-state index contributed by atoms with van der Waals surface area (Å²) < 4.78 is 6.75. The van der Waals surface area contributed by atoms with E-state index in [0.717, 1.165) is 21.3 Å². The molecule has 0 aliphatic heterocycles. The minimum atomic E-state index is 0.170. The predicted molar refractivity (Wildman–Crippen MR) is 80.5 cm³/mol. The lowest BCUT2D eigenvalue weighted by atomic mass is 10.1. The maximum Gasteiger partial charge on any atom is 0.119 e. The van der Waals surface area contributed by atoms with E-state index >= 15 is 0 Å². The Kier molecular flexibility index (Phi) is 4.58. The van der Waals surface area contributed by atoms with Crippen molar-refractivity contribution in [2.24, 2.45) is 5.73 Å². The summed E-state index contributed by atoms with van der Waals surface area (Å²) >= 11 is 3.40. The molecule has 0 heterocycles. The lowest BCUT2D eigenvalue weighted by Gasteiger charge is -2.07. The van der Waals surface area contributed by atoms with E-state index < -0.39 is 0 Å². The molecule has 0 atom stereocenters. The molecular formula is C15H15BrN2O. The van der Waals surface area contributed by atoms with E-state index in [4.69, 9.17) is 15.9 Å². The van der Waals surface area contributed by atoms with Gasteiger partial charge in [-0.05, 0) is 35.4 Å². The van der Waals surface area contributed by atoms with Crippen LogP contribution in [0.2, 0.25) is 0 Å². The summed E-state index contributed by atoms with van der Waals surface area (Å²) in [5.74, 6) is 0.985. The van der Waals surface area contributed by atoms with Gasteiger partial charge >= 0.3 is 0 Å². The van der Waals surface area contributed by atoms with E-state index in [-0.39, 0.29) is 5.84 Å². The van der Waals surface area contributed by atoms with Gasteiger partial charge in [0, 0.05) is 10.9 Å². The SMILES string of the molecule is N=C(N)Cc1ccc(OCc2ccc(Br)cc2)cc1. The number of hydrogen-bond donors (Lipinski definition) is 2. The Labute approximate surface area is 121 Å². The number of amidine groups is 1. The van der Waals surface area contributed by atoms with Crippen LogP contribution in [0.15, 0.2) is 53.0 Å². The van der Waals surface area contributed by atoms with E-state index in [1.807, 2.05) is 48.5 Å². The maximum absolute atomic E-state index is 7.24. The van der Waals surface area contributed by atoms with Crippen molar-refractivity contribution in [3.63, 3.8) is 0 Å². The lowest BCUT2D eigenvalue weighted by molar-refractivity contribution is 0.306. The average molecular weight is 319 g/mol. The lowest BCUT2D eigenvalue weighted by Crippen LogP contribution is -2.12. The third-order valence-corrected chi connectivity index (χ3v) is 3.17. The molecule has 0 fully saturated rings. The second kappa shape index (κ2) is 6.38. The third kappa shape index (κ3) is 4.41. The van der Waals surface area contributed by atoms with Gasteiger partial charge in [-0.3, -0.25) is 5.41 Å². The van der Waals surface area contributed by atoms with Gasteiger partial charge in [0.05, 0.1) is 5.84 Å². The van der Waals surface area contributed by atoms with E-state index in [2.05, 4.69) is 15.9 Å². The molecular weight excluding hydrogens is 304 g/mol. The van der Waals surface area contributed by atoms with Crippen molar-refractivity contribution < 1.29 is 4.74 Å². The molecule has 0 spiro atoms. The first-order chi connectivity index (χ1) is 9.13. The molecule has 2 aromatic rings. The summed E-state index contributed by atoms with van der Waals surface area (Å²) in [5.41, 5.74) is 7.50. The van der Waals surface area contributed by atoms with Gasteiger partial charge < -0.3 is 10.5 Å². The molecule has 4 heteroatoms. The molecule has 3 nitrogen and oxygen atoms in total. The molecule has 0 aliphatic rings. The molecule has 0 saturated heterocycles. The first-order valence-electron chi connectivity index (χ1n) is 5.92. The first-order valence-corrected chi connectivity index (χ1v) is 6.72. The molecule has 98 valence electrons. The van der Waals surface area contributed by atoms with Crippen LogP contribution in [0.5, 0.6) is 5.75 Å². The molecule has 0 amide bonds. The highest BCUT2D eigenvalue weighted by Crippen LogP contribution is 2.16. The molecule has 2 rings (SSSR count). The number of nitrogens with one attached hydrogen (secondary N) is 1. The molecule has 2 aromatic carbocycles. The number of rotatable bonds is 5. The number of ether oxygens (including phenoxy) is 1. The van der Waals surface area contributed by atoms with E-state index in [0.29, 0.717) is 13.0 Å². The smallest absolute Gasteiger partial charge is 0.119 e. The van der Waals surface area contributed by atoms with Gasteiger partial charge in [-0.25, -0.2) is 0 Å². The van der Waals surface area contributed by atoms with Crippen LogP contribution in [-0.4, -0.2) is 5.84 Å². The highest BCUT2D eigenvalue weighted by molar-refractivity contribution is 9.10. The summed E-state index contributed by atoms with van der Waals surface area (Å²) in [6.07, 6.45) is 0.479. The van der Waals surface area contributed by atoms with Crippen LogP contribution < -0.4 is 10.5 Å². The van der Waals surface area contributed by atoms with Crippen LogP contribution in [-0.2, 0) is 13.0 Å². The second-order valence-electron chi connectivity index (χ2n) is 4.26. The molecule has 0 bridgehead atoms. The van der Waals surface area contributed by atoms with Crippen molar-refractivity contribution in [3.8, 4) is 5.75 Å². The van der Waals surface area contributed by atoms with E-state index in [1.54, 1.807) is 0 Å². The summed E-state index contributed by atoms with van der Waals surface area (Å²) in [6, 6.07) is 15.7. The predicted octanol–water partition coefficient (Wildman–Crippen LogP) is 3.51. The van der Waals surface area contributed by atoms with Crippen LogP contribution in [0, 0.1) is 5.41 Å². The summed E-state index contributed by atoms with van der Waals surface area (Å²) in [5, 5.41) is 7.24. The van der Waals surface area contributed by atoms with E-state index in [9.17, 15) is 0 Å². The first kappa shape index (κ1) is 13.6. The highest BCUT2D eigenvalue weighted by Gasteiger charge is 1.98. The van der Waals surface area contributed by atoms with Crippen LogP contribution >= 0.6 is 15.9 Å². The van der Waals surface area contributed by atoms with Gasteiger partial charge in [0.15, 0.2) is 0 Å². The van der Waals surface area contributed by atoms with Crippen LogP contribution in [0.3, 0.4) is 0 Å². The zero-order chi connectivity index (χ0) is 13.7. The Balaban J connectivity index is 1.92. The summed E-state index contributed by atoms with van der Waals surface area (Å²) in [7, 11) is 0. The van der Waals surface area contributed by atoms with Crippen LogP contribution in [0.25, 0.3) is 0 Å². The van der Waals surface area contributed by atoms with Crippen molar-refractivity contribution in [1.82, 2.24) is 0 Å². The molecule has 0 aliphatic carbocycles. The third-order valence-electron chi connectivity index (χ3n) is 2.64. The van der Waals surface area contributed by atoms with Crippen molar-refractivity contribution in [2.75, 3.05) is 0 Å². The fourth-order valence-electron chi connectivity index (χ4n) is 1.67. The van der Waals surface area contributed by atoms with Crippen molar-refractivity contribution >= 4 is 21.8 Å². The molecule has 0 saturated carbocycles.